The molecule has 0 aliphatic heterocycles. The van der Waals surface area contributed by atoms with Crippen molar-refractivity contribution in [1.82, 2.24) is 0 Å². The fourth-order valence-corrected chi connectivity index (χ4v) is 0.557. The Kier molecular flexibility index (Phi) is 4.71. The van der Waals surface area contributed by atoms with E-state index >= 15 is 0 Å². The van der Waals surface area contributed by atoms with Crippen LogP contribution in [-0.2, 0) is 19.1 Å². The van der Waals surface area contributed by atoms with Gasteiger partial charge in [0.2, 0.25) is 0 Å². The molecule has 0 amide bonds. The van der Waals surface area contributed by atoms with Crippen LogP contribution in [0.25, 0.3) is 0 Å². The van der Waals surface area contributed by atoms with Gasteiger partial charge in [-0.05, 0) is 0 Å². The largest absolute Gasteiger partial charge is 0.515 e. The number of esters is 1. The second-order valence-corrected chi connectivity index (χ2v) is 1.89. The summed E-state index contributed by atoms with van der Waals surface area (Å²) in [6.07, 6.45) is 0.410. The monoisotopic (exact) mass is 174 g/mol. The summed E-state index contributed by atoms with van der Waals surface area (Å²) in [5.74, 6) is -1.49. The van der Waals surface area contributed by atoms with Gasteiger partial charge in [-0.25, -0.2) is 4.79 Å². The van der Waals surface area contributed by atoms with Crippen molar-refractivity contribution >= 4 is 11.8 Å². The molecule has 12 heavy (non-hydrogen) atoms. The van der Waals surface area contributed by atoms with Gasteiger partial charge in [0.1, 0.15) is 12.2 Å². The van der Waals surface area contributed by atoms with Gasteiger partial charge in [0.15, 0.2) is 5.78 Å². The van der Waals surface area contributed by atoms with Gasteiger partial charge in [0.05, 0.1) is 13.4 Å². The average molecular weight is 174 g/mol. The highest BCUT2D eigenvalue weighted by Crippen LogP contribution is 1.98. The molecule has 0 aromatic carbocycles. The van der Waals surface area contributed by atoms with Crippen LogP contribution in [0, 0.1) is 0 Å². The maximum atomic E-state index is 10.9. The second kappa shape index (κ2) is 5.31. The van der Waals surface area contributed by atoms with E-state index in [-0.39, 0.29) is 6.61 Å². The lowest BCUT2D eigenvalue weighted by molar-refractivity contribution is -0.138. The third-order valence-electron chi connectivity index (χ3n) is 1.11. The van der Waals surface area contributed by atoms with Gasteiger partial charge >= 0.3 is 5.97 Å². The quantitative estimate of drug-likeness (QED) is 0.210. The van der Waals surface area contributed by atoms with E-state index in [1.165, 1.54) is 7.11 Å². The summed E-state index contributed by atoms with van der Waals surface area (Å²) in [5, 5.41) is 8.49. The lowest BCUT2D eigenvalue weighted by Crippen LogP contribution is -2.18. The van der Waals surface area contributed by atoms with Crippen LogP contribution in [0.1, 0.15) is 0 Å². The highest BCUT2D eigenvalue weighted by molar-refractivity contribution is 6.17. The number of ether oxygens (including phenoxy) is 2. The summed E-state index contributed by atoms with van der Waals surface area (Å²) in [4.78, 5) is 21.7. The first-order chi connectivity index (χ1) is 5.67. The molecule has 0 saturated heterocycles. The molecule has 0 rings (SSSR count). The Morgan fingerprint density at radius 3 is 2.33 bits per heavy atom. The molecule has 0 radical (unpaired) electrons. The molecule has 68 valence electrons. The van der Waals surface area contributed by atoms with Crippen molar-refractivity contribution in [2.24, 2.45) is 0 Å². The molecule has 0 bridgehead atoms. The average Bonchev–Trinajstić information content (AvgIpc) is 2.06. The standard InChI is InChI=1S/C7H10O5/c1-11-4-6(9)5(3-8)7(10)12-2/h3,8H,4H2,1-2H3/b5-3+. The topological polar surface area (TPSA) is 72.8 Å². The first-order valence-electron chi connectivity index (χ1n) is 3.12. The minimum absolute atomic E-state index is 0.262. The minimum atomic E-state index is -0.875. The highest BCUT2D eigenvalue weighted by Gasteiger charge is 2.18. The number of Topliss-reactive ketones (excluding diaryl/α,β-unsaturated/α-hetero) is 1. The van der Waals surface area contributed by atoms with Crippen molar-refractivity contribution in [2.45, 2.75) is 0 Å². The molecular weight excluding hydrogens is 164 g/mol. The zero-order valence-corrected chi connectivity index (χ0v) is 6.86. The van der Waals surface area contributed by atoms with Crippen molar-refractivity contribution in [3.05, 3.63) is 11.8 Å². The normalized spacial score (nSPS) is 11.0. The van der Waals surface area contributed by atoms with E-state index in [2.05, 4.69) is 9.47 Å². The molecule has 5 nitrogen and oxygen atoms in total. The molecule has 0 aliphatic rings. The van der Waals surface area contributed by atoms with Crippen LogP contribution in [0.15, 0.2) is 11.8 Å². The predicted octanol–water partition coefficient (Wildman–Crippen LogP) is -0.183. The van der Waals surface area contributed by atoms with Crippen molar-refractivity contribution in [1.29, 1.82) is 0 Å². The van der Waals surface area contributed by atoms with Crippen LogP contribution in [-0.4, -0.2) is 37.7 Å². The van der Waals surface area contributed by atoms with E-state index in [1.54, 1.807) is 0 Å². The van der Waals surface area contributed by atoms with Crippen molar-refractivity contribution < 1.29 is 24.2 Å². The van der Waals surface area contributed by atoms with Gasteiger partial charge in [0, 0.05) is 7.11 Å². The third-order valence-corrected chi connectivity index (χ3v) is 1.11. The first kappa shape index (κ1) is 10.6. The van der Waals surface area contributed by atoms with E-state index < -0.39 is 17.3 Å². The molecule has 0 spiro atoms. The van der Waals surface area contributed by atoms with Gasteiger partial charge in [-0.1, -0.05) is 0 Å². The number of carbonyl (C=O) groups excluding carboxylic acids is 2. The zero-order chi connectivity index (χ0) is 9.56. The summed E-state index contributed by atoms with van der Waals surface area (Å²) >= 11 is 0. The fourth-order valence-electron chi connectivity index (χ4n) is 0.557. The van der Waals surface area contributed by atoms with Gasteiger partial charge in [-0.3, -0.25) is 4.79 Å². The molecule has 5 heteroatoms. The predicted molar refractivity (Wildman–Crippen MR) is 39.6 cm³/mol. The molecule has 0 aromatic rings. The lowest BCUT2D eigenvalue weighted by atomic mass is 10.2. The van der Waals surface area contributed by atoms with Gasteiger partial charge in [-0.15, -0.1) is 0 Å². The molecule has 0 saturated carbocycles. The van der Waals surface area contributed by atoms with E-state index in [0.717, 1.165) is 7.11 Å². The minimum Gasteiger partial charge on any atom is -0.515 e. The molecular formula is C7H10O5. The van der Waals surface area contributed by atoms with Crippen molar-refractivity contribution in [2.75, 3.05) is 20.8 Å². The second-order valence-electron chi connectivity index (χ2n) is 1.89. The summed E-state index contributed by atoms with van der Waals surface area (Å²) < 4.78 is 8.70. The SMILES string of the molecule is COCC(=O)/C(=C\O)C(=O)OC. The Hall–Kier alpha value is -1.36. The Bertz CT molecular complexity index is 206. The number of aliphatic hydroxyl groups excluding tert-OH is 1. The van der Waals surface area contributed by atoms with E-state index in [4.69, 9.17) is 5.11 Å². The third kappa shape index (κ3) is 2.71. The first-order valence-corrected chi connectivity index (χ1v) is 3.12. The van der Waals surface area contributed by atoms with Gasteiger partial charge in [-0.2, -0.15) is 0 Å². The summed E-state index contributed by atoms with van der Waals surface area (Å²) in [5.41, 5.74) is -0.417. The summed E-state index contributed by atoms with van der Waals surface area (Å²) in [6.45, 7) is -0.262. The van der Waals surface area contributed by atoms with Crippen LogP contribution in [0.5, 0.6) is 0 Å². The highest BCUT2D eigenvalue weighted by atomic mass is 16.5. The van der Waals surface area contributed by atoms with Gasteiger partial charge < -0.3 is 14.6 Å². The maximum Gasteiger partial charge on any atom is 0.344 e. The van der Waals surface area contributed by atoms with Crippen LogP contribution in [0.2, 0.25) is 0 Å². The van der Waals surface area contributed by atoms with Gasteiger partial charge in [0.25, 0.3) is 0 Å². The fraction of sp³-hybridized carbons (Fsp3) is 0.429. The van der Waals surface area contributed by atoms with Crippen LogP contribution < -0.4 is 0 Å². The van der Waals surface area contributed by atoms with Crippen LogP contribution in [0.4, 0.5) is 0 Å². The zero-order valence-electron chi connectivity index (χ0n) is 6.86. The molecule has 0 fully saturated rings. The van der Waals surface area contributed by atoms with E-state index in [9.17, 15) is 9.59 Å². The maximum absolute atomic E-state index is 10.9. The molecule has 1 N–H and O–H groups in total. The van der Waals surface area contributed by atoms with Crippen LogP contribution >= 0.6 is 0 Å². The summed E-state index contributed by atoms with van der Waals surface area (Å²) in [6, 6.07) is 0. The number of hydrogen-bond acceptors (Lipinski definition) is 5. The lowest BCUT2D eigenvalue weighted by Gasteiger charge is -2.00. The number of rotatable bonds is 4. The van der Waals surface area contributed by atoms with Crippen LogP contribution in [0.3, 0.4) is 0 Å². The van der Waals surface area contributed by atoms with Crippen molar-refractivity contribution in [3.63, 3.8) is 0 Å². The number of methoxy groups -OCH3 is 2. The molecule has 0 heterocycles. The molecule has 0 aliphatic carbocycles. The molecule has 0 unspecified atom stereocenters. The van der Waals surface area contributed by atoms with Crippen molar-refractivity contribution in [3.8, 4) is 0 Å². The summed E-state index contributed by atoms with van der Waals surface area (Å²) in [7, 11) is 2.43. The van der Waals surface area contributed by atoms with E-state index in [1.807, 2.05) is 0 Å². The molecule has 0 aromatic heterocycles. The number of ketones is 1. The Morgan fingerprint density at radius 1 is 1.42 bits per heavy atom. The smallest absolute Gasteiger partial charge is 0.344 e. The number of hydrogen-bond donors (Lipinski definition) is 1. The molecule has 0 atom stereocenters. The number of carbonyl (C=O) groups is 2. The van der Waals surface area contributed by atoms with E-state index in [0.29, 0.717) is 6.26 Å². The number of aliphatic hydroxyl groups is 1. The Morgan fingerprint density at radius 2 is 2.00 bits per heavy atom. The Balaban J connectivity index is 4.37. The Labute approximate surface area is 69.6 Å².